The molecule has 16 heavy (non-hydrogen) atoms. The number of nitrogens with one attached hydrogen (secondary N) is 1. The van der Waals surface area contributed by atoms with Crippen molar-refractivity contribution in [3.05, 3.63) is 24.4 Å². The predicted octanol–water partition coefficient (Wildman–Crippen LogP) is 0.112. The summed E-state index contributed by atoms with van der Waals surface area (Å²) in [5.74, 6) is -0.00733. The normalized spacial score (nSPS) is 9.56. The highest BCUT2D eigenvalue weighted by molar-refractivity contribution is 5.75. The number of aromatic nitrogens is 1. The minimum absolute atomic E-state index is 0.0802. The largest absolute Gasteiger partial charge is 0.465 e. The van der Waals surface area contributed by atoms with Crippen molar-refractivity contribution in [3.63, 3.8) is 0 Å². The maximum Gasteiger partial charge on any atom is 0.321 e. The molecule has 0 aliphatic carbocycles. The van der Waals surface area contributed by atoms with Crippen molar-refractivity contribution in [3.8, 4) is 0 Å². The topological polar surface area (TPSA) is 71.5 Å². The number of hydrazine groups is 1. The lowest BCUT2D eigenvalue weighted by molar-refractivity contribution is -0.142. The van der Waals surface area contributed by atoms with Crippen LogP contribution < -0.4 is 10.4 Å². The molecule has 1 rings (SSSR count). The molecule has 1 heterocycles. The van der Waals surface area contributed by atoms with Gasteiger partial charge in [0, 0.05) is 6.20 Å². The maximum atomic E-state index is 11.0. The first-order valence-electron chi connectivity index (χ1n) is 4.82. The zero-order valence-electron chi connectivity index (χ0n) is 8.92. The van der Waals surface area contributed by atoms with E-state index in [1.165, 1.54) is 0 Å². The van der Waals surface area contributed by atoms with Crippen molar-refractivity contribution in [2.75, 3.05) is 18.2 Å². The lowest BCUT2D eigenvalue weighted by atomic mass is 10.4. The van der Waals surface area contributed by atoms with Gasteiger partial charge < -0.3 is 4.74 Å². The summed E-state index contributed by atoms with van der Waals surface area (Å²) in [6.07, 6.45) is 2.10. The van der Waals surface area contributed by atoms with E-state index in [0.29, 0.717) is 18.8 Å². The van der Waals surface area contributed by atoms with Gasteiger partial charge in [0.25, 0.3) is 0 Å². The lowest BCUT2D eigenvalue weighted by Crippen LogP contribution is -2.41. The van der Waals surface area contributed by atoms with Crippen LogP contribution in [0.4, 0.5) is 5.82 Å². The first-order valence-corrected chi connectivity index (χ1v) is 4.82. The smallest absolute Gasteiger partial charge is 0.321 e. The minimum atomic E-state index is -0.426. The van der Waals surface area contributed by atoms with Crippen molar-refractivity contribution in [2.45, 2.75) is 6.92 Å². The van der Waals surface area contributed by atoms with Crippen LogP contribution in [0.25, 0.3) is 0 Å². The molecular weight excluding hydrogens is 210 g/mol. The quantitative estimate of drug-likeness (QED) is 0.421. The summed E-state index contributed by atoms with van der Waals surface area (Å²) in [4.78, 5) is 25.7. The fourth-order valence-corrected chi connectivity index (χ4v) is 1.03. The molecule has 86 valence electrons. The third-order valence-electron chi connectivity index (χ3n) is 1.70. The highest BCUT2D eigenvalue weighted by atomic mass is 16.5. The second kappa shape index (κ2) is 6.52. The number of rotatable bonds is 6. The van der Waals surface area contributed by atoms with E-state index in [0.717, 1.165) is 5.01 Å². The van der Waals surface area contributed by atoms with E-state index in [2.05, 4.69) is 10.4 Å². The Balaban J connectivity index is 2.50. The van der Waals surface area contributed by atoms with Crippen LogP contribution in [-0.4, -0.2) is 30.5 Å². The van der Waals surface area contributed by atoms with Crippen molar-refractivity contribution in [1.82, 2.24) is 10.4 Å². The lowest BCUT2D eigenvalue weighted by Gasteiger charge is -2.16. The molecule has 0 unspecified atom stereocenters. The highest BCUT2D eigenvalue weighted by Gasteiger charge is 2.08. The van der Waals surface area contributed by atoms with Crippen molar-refractivity contribution < 1.29 is 14.3 Å². The Morgan fingerprint density at radius 2 is 2.44 bits per heavy atom. The average molecular weight is 223 g/mol. The molecule has 6 nitrogen and oxygen atoms in total. The predicted molar refractivity (Wildman–Crippen MR) is 57.4 cm³/mol. The fraction of sp³-hybridized carbons (Fsp3) is 0.300. The molecule has 0 saturated carbocycles. The van der Waals surface area contributed by atoms with Gasteiger partial charge in [0.2, 0.25) is 6.41 Å². The minimum Gasteiger partial charge on any atom is -0.465 e. The molecule has 1 amide bonds. The molecule has 1 aromatic heterocycles. The SMILES string of the molecule is CCOC(=O)CNN(C=O)c1ccccn1. The summed E-state index contributed by atoms with van der Waals surface area (Å²) in [6, 6.07) is 5.12. The molecule has 1 aromatic rings. The van der Waals surface area contributed by atoms with E-state index in [1.54, 1.807) is 31.3 Å². The van der Waals surface area contributed by atoms with Crippen LogP contribution in [0.5, 0.6) is 0 Å². The molecule has 0 radical (unpaired) electrons. The van der Waals surface area contributed by atoms with E-state index in [4.69, 9.17) is 4.74 Å². The number of amides is 1. The number of esters is 1. The molecule has 0 aliphatic rings. The Hall–Kier alpha value is -1.95. The number of hydrogen-bond acceptors (Lipinski definition) is 5. The van der Waals surface area contributed by atoms with E-state index < -0.39 is 5.97 Å². The van der Waals surface area contributed by atoms with Crippen molar-refractivity contribution >= 4 is 18.2 Å². The van der Waals surface area contributed by atoms with E-state index >= 15 is 0 Å². The Kier molecular flexibility index (Phi) is 4.94. The van der Waals surface area contributed by atoms with Gasteiger partial charge in [-0.1, -0.05) is 6.07 Å². The van der Waals surface area contributed by atoms with Gasteiger partial charge in [0.1, 0.15) is 12.4 Å². The van der Waals surface area contributed by atoms with Gasteiger partial charge in [-0.05, 0) is 19.1 Å². The number of ether oxygens (including phenoxy) is 1. The summed E-state index contributed by atoms with van der Waals surface area (Å²) in [7, 11) is 0. The van der Waals surface area contributed by atoms with Crippen LogP contribution in [-0.2, 0) is 14.3 Å². The Morgan fingerprint density at radius 3 is 3.00 bits per heavy atom. The Bertz CT molecular complexity index is 342. The van der Waals surface area contributed by atoms with Gasteiger partial charge in [-0.3, -0.25) is 9.59 Å². The monoisotopic (exact) mass is 223 g/mol. The van der Waals surface area contributed by atoms with E-state index in [1.807, 2.05) is 0 Å². The van der Waals surface area contributed by atoms with Crippen LogP contribution in [0.3, 0.4) is 0 Å². The van der Waals surface area contributed by atoms with Gasteiger partial charge in [-0.25, -0.2) is 15.4 Å². The third kappa shape index (κ3) is 3.66. The fourth-order valence-electron chi connectivity index (χ4n) is 1.03. The van der Waals surface area contributed by atoms with Crippen LogP contribution >= 0.6 is 0 Å². The van der Waals surface area contributed by atoms with E-state index in [-0.39, 0.29) is 6.54 Å². The molecule has 0 aliphatic heterocycles. The van der Waals surface area contributed by atoms with E-state index in [9.17, 15) is 9.59 Å². The number of anilines is 1. The number of nitrogens with zero attached hydrogens (tertiary/aromatic N) is 2. The van der Waals surface area contributed by atoms with Crippen molar-refractivity contribution in [1.29, 1.82) is 0 Å². The van der Waals surface area contributed by atoms with Crippen LogP contribution in [0.15, 0.2) is 24.4 Å². The number of carbonyl (C=O) groups excluding carboxylic acids is 2. The molecule has 0 saturated heterocycles. The number of hydrogen-bond donors (Lipinski definition) is 1. The number of carbonyl (C=O) groups is 2. The third-order valence-corrected chi connectivity index (χ3v) is 1.70. The first kappa shape index (κ1) is 12.1. The average Bonchev–Trinajstić information content (AvgIpc) is 2.31. The van der Waals surface area contributed by atoms with Gasteiger partial charge in [-0.15, -0.1) is 0 Å². The molecular formula is C10H13N3O3. The molecule has 0 atom stereocenters. The summed E-state index contributed by atoms with van der Waals surface area (Å²) >= 11 is 0. The Labute approximate surface area is 93.2 Å². The highest BCUT2D eigenvalue weighted by Crippen LogP contribution is 2.03. The molecule has 6 heteroatoms. The zero-order valence-corrected chi connectivity index (χ0v) is 8.92. The van der Waals surface area contributed by atoms with Gasteiger partial charge in [0.05, 0.1) is 6.61 Å². The molecule has 0 aromatic carbocycles. The first-order chi connectivity index (χ1) is 7.77. The van der Waals surface area contributed by atoms with Crippen molar-refractivity contribution in [2.24, 2.45) is 0 Å². The number of pyridine rings is 1. The summed E-state index contributed by atoms with van der Waals surface area (Å²) in [5, 5.41) is 1.12. The summed E-state index contributed by atoms with van der Waals surface area (Å²) < 4.78 is 4.71. The maximum absolute atomic E-state index is 11.0. The van der Waals surface area contributed by atoms with Crippen LogP contribution in [0, 0.1) is 0 Å². The second-order valence-electron chi connectivity index (χ2n) is 2.80. The summed E-state index contributed by atoms with van der Waals surface area (Å²) in [5.41, 5.74) is 2.60. The molecule has 0 bridgehead atoms. The summed E-state index contributed by atoms with van der Waals surface area (Å²) in [6.45, 7) is 1.95. The molecule has 0 spiro atoms. The molecule has 1 N–H and O–H groups in total. The van der Waals surface area contributed by atoms with Gasteiger partial charge in [0.15, 0.2) is 0 Å². The second-order valence-corrected chi connectivity index (χ2v) is 2.80. The van der Waals surface area contributed by atoms with Gasteiger partial charge >= 0.3 is 5.97 Å². The standard InChI is InChI=1S/C10H13N3O3/c1-2-16-10(15)7-12-13(8-14)9-5-3-4-6-11-9/h3-6,8,12H,2,7H2,1H3. The Morgan fingerprint density at radius 1 is 1.62 bits per heavy atom. The molecule has 0 fully saturated rings. The van der Waals surface area contributed by atoms with Crippen LogP contribution in [0.1, 0.15) is 6.92 Å². The van der Waals surface area contributed by atoms with Crippen LogP contribution in [0.2, 0.25) is 0 Å². The van der Waals surface area contributed by atoms with Gasteiger partial charge in [-0.2, -0.15) is 0 Å². The zero-order chi connectivity index (χ0) is 11.8.